The summed E-state index contributed by atoms with van der Waals surface area (Å²) in [5.41, 5.74) is 1.18. The fraction of sp³-hybridized carbons (Fsp3) is 0.538. The fourth-order valence-corrected chi connectivity index (χ4v) is 1.33. The molecule has 0 aliphatic heterocycles. The maximum Gasteiger partial charge on any atom is 0.123 e. The highest BCUT2D eigenvalue weighted by molar-refractivity contribution is 5.16. The van der Waals surface area contributed by atoms with Gasteiger partial charge in [0.15, 0.2) is 0 Å². The van der Waals surface area contributed by atoms with Crippen molar-refractivity contribution in [3.05, 3.63) is 35.6 Å². The Labute approximate surface area is 91.7 Å². The van der Waals surface area contributed by atoms with E-state index in [4.69, 9.17) is 0 Å². The zero-order valence-electron chi connectivity index (χ0n) is 9.76. The lowest BCUT2D eigenvalue weighted by Crippen LogP contribution is -2.32. The van der Waals surface area contributed by atoms with E-state index in [9.17, 15) is 4.39 Å². The van der Waals surface area contributed by atoms with Gasteiger partial charge in [0.05, 0.1) is 0 Å². The lowest BCUT2D eigenvalue weighted by atomic mass is 10.1. The molecule has 0 spiro atoms. The van der Waals surface area contributed by atoms with E-state index < -0.39 is 0 Å². The molecule has 0 bridgehead atoms. The summed E-state index contributed by atoms with van der Waals surface area (Å²) < 4.78 is 12.6. The smallest absolute Gasteiger partial charge is 0.123 e. The van der Waals surface area contributed by atoms with Crippen molar-refractivity contribution in [1.82, 2.24) is 5.32 Å². The first kappa shape index (κ1) is 12.2. The molecular formula is C13H20FN. The van der Waals surface area contributed by atoms with Crippen LogP contribution in [-0.4, -0.2) is 12.6 Å². The minimum absolute atomic E-state index is 0.165. The summed E-state index contributed by atoms with van der Waals surface area (Å²) >= 11 is 0. The molecule has 0 saturated heterocycles. The highest BCUT2D eigenvalue weighted by Crippen LogP contribution is 2.04. The third-order valence-electron chi connectivity index (χ3n) is 2.79. The van der Waals surface area contributed by atoms with Crippen molar-refractivity contribution in [2.45, 2.75) is 33.2 Å². The molecule has 84 valence electrons. The first-order chi connectivity index (χ1) is 7.09. The summed E-state index contributed by atoms with van der Waals surface area (Å²) in [6.07, 6.45) is 0.956. The standard InChI is InChI=1S/C13H20FN/c1-10(2)11(3)15-9-8-12-4-6-13(14)7-5-12/h4-7,10-11,15H,8-9H2,1-3H3. The van der Waals surface area contributed by atoms with E-state index >= 15 is 0 Å². The van der Waals surface area contributed by atoms with E-state index in [1.165, 1.54) is 17.7 Å². The molecule has 0 fully saturated rings. The van der Waals surface area contributed by atoms with Gasteiger partial charge in [-0.25, -0.2) is 4.39 Å². The normalized spacial score (nSPS) is 13.1. The Bertz CT molecular complexity index is 279. The third kappa shape index (κ3) is 4.43. The van der Waals surface area contributed by atoms with Crippen LogP contribution in [0.4, 0.5) is 4.39 Å². The first-order valence-electron chi connectivity index (χ1n) is 5.57. The molecule has 1 unspecified atom stereocenters. The van der Waals surface area contributed by atoms with E-state index in [2.05, 4.69) is 26.1 Å². The summed E-state index contributed by atoms with van der Waals surface area (Å²) in [6, 6.07) is 7.25. The van der Waals surface area contributed by atoms with Crippen molar-refractivity contribution in [1.29, 1.82) is 0 Å². The van der Waals surface area contributed by atoms with Crippen molar-refractivity contribution in [3.63, 3.8) is 0 Å². The molecule has 1 aromatic rings. The molecule has 0 amide bonds. The van der Waals surface area contributed by atoms with Gasteiger partial charge in [0, 0.05) is 6.04 Å². The zero-order valence-corrected chi connectivity index (χ0v) is 9.76. The fourth-order valence-electron chi connectivity index (χ4n) is 1.33. The molecule has 1 rings (SSSR count). The van der Waals surface area contributed by atoms with Gasteiger partial charge in [-0.2, -0.15) is 0 Å². The topological polar surface area (TPSA) is 12.0 Å². The van der Waals surface area contributed by atoms with Crippen LogP contribution in [0.1, 0.15) is 26.3 Å². The van der Waals surface area contributed by atoms with Crippen molar-refractivity contribution in [2.75, 3.05) is 6.54 Å². The van der Waals surface area contributed by atoms with Crippen molar-refractivity contribution in [2.24, 2.45) is 5.92 Å². The van der Waals surface area contributed by atoms with Gasteiger partial charge < -0.3 is 5.32 Å². The zero-order chi connectivity index (χ0) is 11.3. The number of hydrogen-bond acceptors (Lipinski definition) is 1. The molecule has 2 heteroatoms. The molecule has 1 N–H and O–H groups in total. The molecular weight excluding hydrogens is 189 g/mol. The minimum Gasteiger partial charge on any atom is -0.314 e. The van der Waals surface area contributed by atoms with Gasteiger partial charge in [0.25, 0.3) is 0 Å². The van der Waals surface area contributed by atoms with Gasteiger partial charge in [-0.3, -0.25) is 0 Å². The average molecular weight is 209 g/mol. The third-order valence-corrected chi connectivity index (χ3v) is 2.79. The van der Waals surface area contributed by atoms with E-state index in [0.29, 0.717) is 12.0 Å². The Morgan fingerprint density at radius 2 is 1.73 bits per heavy atom. The van der Waals surface area contributed by atoms with Gasteiger partial charge >= 0.3 is 0 Å². The summed E-state index contributed by atoms with van der Waals surface area (Å²) in [5, 5.41) is 3.45. The monoisotopic (exact) mass is 209 g/mol. The highest BCUT2D eigenvalue weighted by Gasteiger charge is 2.04. The summed E-state index contributed by atoms with van der Waals surface area (Å²) in [6.45, 7) is 7.55. The molecule has 0 radical (unpaired) electrons. The molecule has 1 aromatic carbocycles. The average Bonchev–Trinajstić information content (AvgIpc) is 2.20. The maximum absolute atomic E-state index is 12.6. The van der Waals surface area contributed by atoms with E-state index in [1.807, 2.05) is 12.1 Å². The largest absolute Gasteiger partial charge is 0.314 e. The number of rotatable bonds is 5. The summed E-state index contributed by atoms with van der Waals surface area (Å²) in [5.74, 6) is 0.487. The molecule has 0 aliphatic carbocycles. The molecule has 1 nitrogen and oxygen atoms in total. The Morgan fingerprint density at radius 3 is 2.27 bits per heavy atom. The van der Waals surface area contributed by atoms with Crippen LogP contribution in [0.3, 0.4) is 0 Å². The first-order valence-corrected chi connectivity index (χ1v) is 5.57. The lowest BCUT2D eigenvalue weighted by Gasteiger charge is -2.17. The van der Waals surface area contributed by atoms with Gasteiger partial charge in [0.1, 0.15) is 5.82 Å². The predicted octanol–water partition coefficient (Wildman–Crippen LogP) is 3.00. The second-order valence-electron chi connectivity index (χ2n) is 4.36. The number of nitrogens with one attached hydrogen (secondary N) is 1. The van der Waals surface area contributed by atoms with Crippen LogP contribution < -0.4 is 5.32 Å². The van der Waals surface area contributed by atoms with Crippen LogP contribution in [-0.2, 0) is 6.42 Å². The quantitative estimate of drug-likeness (QED) is 0.786. The van der Waals surface area contributed by atoms with Crippen LogP contribution in [0.2, 0.25) is 0 Å². The molecule has 0 aromatic heterocycles. The Morgan fingerprint density at radius 1 is 1.13 bits per heavy atom. The molecule has 0 saturated carbocycles. The van der Waals surface area contributed by atoms with E-state index in [1.54, 1.807) is 0 Å². The Hall–Kier alpha value is -0.890. The molecule has 0 aliphatic rings. The minimum atomic E-state index is -0.165. The predicted molar refractivity (Wildman–Crippen MR) is 62.4 cm³/mol. The second kappa shape index (κ2) is 5.86. The van der Waals surface area contributed by atoms with Gasteiger partial charge in [-0.1, -0.05) is 26.0 Å². The lowest BCUT2D eigenvalue weighted by molar-refractivity contribution is 0.430. The van der Waals surface area contributed by atoms with Gasteiger partial charge in [0.2, 0.25) is 0 Å². The molecule has 15 heavy (non-hydrogen) atoms. The Kier molecular flexibility index (Phi) is 4.76. The van der Waals surface area contributed by atoms with Gasteiger partial charge in [-0.15, -0.1) is 0 Å². The van der Waals surface area contributed by atoms with Crippen LogP contribution in [0.5, 0.6) is 0 Å². The second-order valence-corrected chi connectivity index (χ2v) is 4.36. The van der Waals surface area contributed by atoms with Crippen LogP contribution in [0.15, 0.2) is 24.3 Å². The summed E-state index contributed by atoms with van der Waals surface area (Å²) in [4.78, 5) is 0. The van der Waals surface area contributed by atoms with Crippen molar-refractivity contribution < 1.29 is 4.39 Å². The van der Waals surface area contributed by atoms with E-state index in [0.717, 1.165) is 13.0 Å². The van der Waals surface area contributed by atoms with Crippen LogP contribution in [0.25, 0.3) is 0 Å². The van der Waals surface area contributed by atoms with Crippen LogP contribution >= 0.6 is 0 Å². The number of hydrogen-bond donors (Lipinski definition) is 1. The highest BCUT2D eigenvalue weighted by atomic mass is 19.1. The van der Waals surface area contributed by atoms with Crippen molar-refractivity contribution in [3.8, 4) is 0 Å². The van der Waals surface area contributed by atoms with Crippen molar-refractivity contribution >= 4 is 0 Å². The maximum atomic E-state index is 12.6. The molecule has 1 atom stereocenters. The van der Waals surface area contributed by atoms with Gasteiger partial charge in [-0.05, 0) is 43.5 Å². The SMILES string of the molecule is CC(C)C(C)NCCc1ccc(F)cc1. The van der Waals surface area contributed by atoms with E-state index in [-0.39, 0.29) is 5.82 Å². The summed E-state index contributed by atoms with van der Waals surface area (Å²) in [7, 11) is 0. The number of halogens is 1. The molecule has 0 heterocycles. The number of benzene rings is 1. The van der Waals surface area contributed by atoms with Crippen LogP contribution in [0, 0.1) is 11.7 Å². The Balaban J connectivity index is 2.29.